The highest BCUT2D eigenvalue weighted by atomic mass is 16.5. The third kappa shape index (κ3) is 5.91. The van der Waals surface area contributed by atoms with Crippen LogP contribution < -0.4 is 11.1 Å². The average Bonchev–Trinajstić information content (AvgIpc) is 2.77. The summed E-state index contributed by atoms with van der Waals surface area (Å²) in [7, 11) is 1.66. The van der Waals surface area contributed by atoms with E-state index in [2.05, 4.69) is 15.3 Å². The van der Waals surface area contributed by atoms with Crippen molar-refractivity contribution in [2.45, 2.75) is 25.9 Å². The summed E-state index contributed by atoms with van der Waals surface area (Å²) in [6, 6.07) is 0.178. The Balaban J connectivity index is 2.15. The van der Waals surface area contributed by atoms with Crippen molar-refractivity contribution in [3.63, 3.8) is 0 Å². The van der Waals surface area contributed by atoms with Crippen LogP contribution in [0, 0.1) is 0 Å². The van der Waals surface area contributed by atoms with Crippen LogP contribution in [0.4, 0.5) is 0 Å². The highest BCUT2D eigenvalue weighted by molar-refractivity contribution is 5.78. The van der Waals surface area contributed by atoms with Gasteiger partial charge < -0.3 is 20.4 Å². The largest absolute Gasteiger partial charge is 0.383 e. The van der Waals surface area contributed by atoms with Crippen molar-refractivity contribution in [1.82, 2.24) is 14.9 Å². The van der Waals surface area contributed by atoms with Crippen LogP contribution in [0.2, 0.25) is 0 Å². The Morgan fingerprint density at radius 3 is 3.12 bits per heavy atom. The van der Waals surface area contributed by atoms with Crippen LogP contribution in [0.5, 0.6) is 0 Å². The number of hydrogen-bond donors (Lipinski definition) is 2. The van der Waals surface area contributed by atoms with Gasteiger partial charge in [0.05, 0.1) is 12.9 Å². The monoisotopic (exact) mass is 239 g/mol. The fourth-order valence-electron chi connectivity index (χ4n) is 1.46. The van der Waals surface area contributed by atoms with E-state index in [0.717, 1.165) is 13.0 Å². The van der Waals surface area contributed by atoms with Gasteiger partial charge in [-0.3, -0.25) is 4.99 Å². The van der Waals surface area contributed by atoms with Crippen molar-refractivity contribution in [2.75, 3.05) is 20.3 Å². The molecule has 17 heavy (non-hydrogen) atoms. The van der Waals surface area contributed by atoms with Crippen molar-refractivity contribution in [2.24, 2.45) is 10.7 Å². The Labute approximate surface area is 102 Å². The molecule has 0 aliphatic heterocycles. The third-order valence-corrected chi connectivity index (χ3v) is 2.23. The molecule has 0 amide bonds. The van der Waals surface area contributed by atoms with Gasteiger partial charge in [-0.15, -0.1) is 0 Å². The molecule has 1 atom stereocenters. The van der Waals surface area contributed by atoms with E-state index in [1.165, 1.54) is 0 Å². The van der Waals surface area contributed by atoms with Gasteiger partial charge >= 0.3 is 0 Å². The molecule has 0 fully saturated rings. The van der Waals surface area contributed by atoms with Crippen LogP contribution in [0.1, 0.15) is 13.3 Å². The lowest BCUT2D eigenvalue weighted by atomic mass is 10.4. The molecule has 6 heteroatoms. The van der Waals surface area contributed by atoms with E-state index in [-0.39, 0.29) is 6.04 Å². The summed E-state index contributed by atoms with van der Waals surface area (Å²) in [5, 5.41) is 3.06. The van der Waals surface area contributed by atoms with E-state index in [9.17, 15) is 0 Å². The molecule has 1 aromatic rings. The minimum absolute atomic E-state index is 0.178. The van der Waals surface area contributed by atoms with Crippen molar-refractivity contribution < 1.29 is 4.74 Å². The first kappa shape index (κ1) is 13.5. The maximum Gasteiger partial charge on any atom is 0.188 e. The van der Waals surface area contributed by atoms with Gasteiger partial charge in [0.1, 0.15) is 0 Å². The minimum Gasteiger partial charge on any atom is -0.383 e. The normalized spacial score (nSPS) is 13.6. The summed E-state index contributed by atoms with van der Waals surface area (Å²) < 4.78 is 7.02. The van der Waals surface area contributed by atoms with Gasteiger partial charge in [0.2, 0.25) is 0 Å². The summed E-state index contributed by atoms with van der Waals surface area (Å²) in [6.07, 6.45) is 6.45. The van der Waals surface area contributed by atoms with E-state index < -0.39 is 0 Å². The van der Waals surface area contributed by atoms with Gasteiger partial charge in [-0.1, -0.05) is 0 Å². The molecule has 0 saturated carbocycles. The Kier molecular flexibility index (Phi) is 6.09. The predicted octanol–water partition coefficient (Wildman–Crippen LogP) is 0.212. The summed E-state index contributed by atoms with van der Waals surface area (Å²) in [6.45, 7) is 4.23. The van der Waals surface area contributed by atoms with Gasteiger partial charge in [-0.2, -0.15) is 0 Å². The molecule has 0 radical (unpaired) electrons. The second kappa shape index (κ2) is 7.67. The van der Waals surface area contributed by atoms with Crippen LogP contribution in [-0.4, -0.2) is 41.8 Å². The van der Waals surface area contributed by atoms with Crippen LogP contribution in [-0.2, 0) is 11.3 Å². The Morgan fingerprint density at radius 1 is 1.65 bits per heavy atom. The molecular formula is C11H21N5O. The highest BCUT2D eigenvalue weighted by Crippen LogP contribution is 1.91. The molecule has 3 N–H and O–H groups in total. The Hall–Kier alpha value is -1.56. The quantitative estimate of drug-likeness (QED) is 0.405. The van der Waals surface area contributed by atoms with Gasteiger partial charge in [-0.05, 0) is 13.3 Å². The standard InChI is InChI=1S/C11H21N5O/c1-10(8-17-2)15-11(12)14-4-3-6-16-7-5-13-9-16/h5,7,9-10H,3-4,6,8H2,1-2H3,(H3,12,14,15). The summed E-state index contributed by atoms with van der Waals surface area (Å²) >= 11 is 0. The number of aromatic nitrogens is 2. The number of ether oxygens (including phenoxy) is 1. The minimum atomic E-state index is 0.178. The lowest BCUT2D eigenvalue weighted by Gasteiger charge is -2.12. The molecule has 1 unspecified atom stereocenters. The number of nitrogens with zero attached hydrogens (tertiary/aromatic N) is 3. The topological polar surface area (TPSA) is 77.5 Å². The summed E-state index contributed by atoms with van der Waals surface area (Å²) in [5.41, 5.74) is 5.73. The fraction of sp³-hybridized carbons (Fsp3) is 0.636. The highest BCUT2D eigenvalue weighted by Gasteiger charge is 2.00. The molecule has 1 aromatic heterocycles. The number of imidazole rings is 1. The second-order valence-electron chi connectivity index (χ2n) is 3.92. The van der Waals surface area contributed by atoms with Gasteiger partial charge in [0, 0.05) is 38.6 Å². The number of aliphatic imine (C=N–C) groups is 1. The van der Waals surface area contributed by atoms with Crippen LogP contribution in [0.3, 0.4) is 0 Å². The molecule has 6 nitrogen and oxygen atoms in total. The van der Waals surface area contributed by atoms with Crippen molar-refractivity contribution >= 4 is 5.96 Å². The van der Waals surface area contributed by atoms with Gasteiger partial charge in [-0.25, -0.2) is 4.98 Å². The lowest BCUT2D eigenvalue weighted by Crippen LogP contribution is -2.40. The zero-order chi connectivity index (χ0) is 12.5. The van der Waals surface area contributed by atoms with Crippen molar-refractivity contribution in [1.29, 1.82) is 0 Å². The van der Waals surface area contributed by atoms with Crippen molar-refractivity contribution in [3.8, 4) is 0 Å². The third-order valence-electron chi connectivity index (χ3n) is 2.23. The first-order valence-electron chi connectivity index (χ1n) is 5.73. The number of hydrogen-bond acceptors (Lipinski definition) is 3. The molecule has 0 spiro atoms. The molecule has 0 aliphatic carbocycles. The van der Waals surface area contributed by atoms with Gasteiger partial charge in [0.15, 0.2) is 5.96 Å². The molecule has 0 bridgehead atoms. The smallest absolute Gasteiger partial charge is 0.188 e. The Morgan fingerprint density at radius 2 is 2.47 bits per heavy atom. The molecule has 1 rings (SSSR count). The summed E-state index contributed by atoms with van der Waals surface area (Å²) in [4.78, 5) is 8.21. The van der Waals surface area contributed by atoms with E-state index in [0.29, 0.717) is 19.1 Å². The molecular weight excluding hydrogens is 218 g/mol. The van der Waals surface area contributed by atoms with E-state index in [4.69, 9.17) is 10.5 Å². The zero-order valence-corrected chi connectivity index (χ0v) is 10.5. The van der Waals surface area contributed by atoms with Gasteiger partial charge in [0.25, 0.3) is 0 Å². The number of nitrogens with two attached hydrogens (primary N) is 1. The zero-order valence-electron chi connectivity index (χ0n) is 10.5. The van der Waals surface area contributed by atoms with Crippen molar-refractivity contribution in [3.05, 3.63) is 18.7 Å². The SMILES string of the molecule is COCC(C)NC(N)=NCCCn1ccnc1. The average molecular weight is 239 g/mol. The molecule has 0 aliphatic rings. The number of nitrogens with one attached hydrogen (secondary N) is 1. The predicted molar refractivity (Wildman–Crippen MR) is 67.8 cm³/mol. The number of rotatable bonds is 7. The van der Waals surface area contributed by atoms with Crippen LogP contribution in [0.15, 0.2) is 23.7 Å². The maximum atomic E-state index is 5.73. The summed E-state index contributed by atoms with van der Waals surface area (Å²) in [5.74, 6) is 0.472. The van der Waals surface area contributed by atoms with Crippen LogP contribution >= 0.6 is 0 Å². The van der Waals surface area contributed by atoms with E-state index in [1.54, 1.807) is 19.6 Å². The molecule has 0 aromatic carbocycles. The fourth-order valence-corrected chi connectivity index (χ4v) is 1.46. The van der Waals surface area contributed by atoms with E-state index in [1.807, 2.05) is 17.7 Å². The second-order valence-corrected chi connectivity index (χ2v) is 3.92. The van der Waals surface area contributed by atoms with Crippen LogP contribution in [0.25, 0.3) is 0 Å². The molecule has 1 heterocycles. The first-order chi connectivity index (χ1) is 8.22. The number of methoxy groups -OCH3 is 1. The lowest BCUT2D eigenvalue weighted by molar-refractivity contribution is 0.179. The number of aryl methyl sites for hydroxylation is 1. The maximum absolute atomic E-state index is 5.73. The van der Waals surface area contributed by atoms with E-state index >= 15 is 0 Å². The first-order valence-corrected chi connectivity index (χ1v) is 5.73. The Bertz CT molecular complexity index is 323. The molecule has 96 valence electrons. The number of guanidine groups is 1. The molecule has 0 saturated heterocycles.